The number of allylic oxidation sites excluding steroid dienone is 2. The zero-order chi connectivity index (χ0) is 21.1. The minimum atomic E-state index is -0.804. The lowest BCUT2D eigenvalue weighted by Crippen LogP contribution is -2.22. The molecule has 0 saturated carbocycles. The predicted octanol–water partition coefficient (Wildman–Crippen LogP) is 1.59. The lowest BCUT2D eigenvalue weighted by Gasteiger charge is -2.16. The van der Waals surface area contributed by atoms with Crippen LogP contribution >= 0.6 is 0 Å². The minimum absolute atomic E-state index is 0.0471. The number of hydrogen-bond donors (Lipinski definition) is 0. The number of ketones is 4. The summed E-state index contributed by atoms with van der Waals surface area (Å²) < 4.78 is 10.3. The molecule has 0 amide bonds. The van der Waals surface area contributed by atoms with E-state index in [-0.39, 0.29) is 50.1 Å². The van der Waals surface area contributed by atoms with Crippen LogP contribution in [0.4, 0.5) is 0 Å². The fourth-order valence-electron chi connectivity index (χ4n) is 2.55. The smallest absolute Gasteiger partial charge is 0.331 e. The Morgan fingerprint density at radius 2 is 1.11 bits per heavy atom. The Kier molecular flexibility index (Phi) is 9.70. The molecule has 8 nitrogen and oxygen atoms in total. The molecule has 1 heterocycles. The number of cyclic esters (lactones) is 2. The number of ether oxygens (including phenoxy) is 2. The van der Waals surface area contributed by atoms with Crippen molar-refractivity contribution >= 4 is 35.1 Å². The van der Waals surface area contributed by atoms with Crippen LogP contribution in [0.1, 0.15) is 52.4 Å². The largest absolute Gasteiger partial charge is 0.459 e. The molecule has 8 heteroatoms. The molecule has 0 fully saturated rings. The summed E-state index contributed by atoms with van der Waals surface area (Å²) in [7, 11) is 0. The zero-order valence-electron chi connectivity index (χ0n) is 16.0. The van der Waals surface area contributed by atoms with E-state index in [1.165, 1.54) is 13.8 Å². The van der Waals surface area contributed by atoms with Crippen LogP contribution in [0.5, 0.6) is 0 Å². The van der Waals surface area contributed by atoms with E-state index < -0.39 is 35.7 Å². The molecule has 2 atom stereocenters. The summed E-state index contributed by atoms with van der Waals surface area (Å²) in [4.78, 5) is 70.2. The molecule has 152 valence electrons. The first kappa shape index (κ1) is 23.1. The number of Topliss-reactive ketones (excluding diaryl/α,β-unsaturated/α-hetero) is 2. The van der Waals surface area contributed by atoms with Crippen LogP contribution in [0.25, 0.3) is 0 Å². The van der Waals surface area contributed by atoms with Crippen LogP contribution in [-0.2, 0) is 38.2 Å². The highest BCUT2D eigenvalue weighted by Gasteiger charge is 2.19. The Hall–Kier alpha value is -2.90. The van der Waals surface area contributed by atoms with E-state index in [1.54, 1.807) is 0 Å². The molecule has 0 N–H and O–H groups in total. The summed E-state index contributed by atoms with van der Waals surface area (Å²) >= 11 is 0. The van der Waals surface area contributed by atoms with E-state index in [0.717, 1.165) is 24.3 Å². The molecule has 1 aliphatic heterocycles. The number of carbonyl (C=O) groups is 6. The minimum Gasteiger partial charge on any atom is -0.459 e. The molecule has 0 aromatic carbocycles. The molecule has 0 aromatic rings. The fraction of sp³-hybridized carbons (Fsp3) is 0.500. The lowest BCUT2D eigenvalue weighted by molar-refractivity contribution is -0.145. The highest BCUT2D eigenvalue weighted by Crippen LogP contribution is 2.12. The number of esters is 2. The standard InChI is InChI=1S/C20H24O8/c1-13(21)11-17-7-3-15(23)6-10-20(26)28-18(12-14(2)22)8-4-16(24)5-9-19(25)27-17/h5-6,9-10,17-18H,3-4,7-8,11-12H2,1-2H3/b9-5+,10-6+/t17-,18?/m0/s1. The fourth-order valence-corrected chi connectivity index (χ4v) is 2.55. The van der Waals surface area contributed by atoms with Gasteiger partial charge in [-0.2, -0.15) is 0 Å². The predicted molar refractivity (Wildman–Crippen MR) is 97.1 cm³/mol. The second-order valence-corrected chi connectivity index (χ2v) is 6.61. The average Bonchev–Trinajstić information content (AvgIpc) is 2.59. The normalized spacial score (nSPS) is 24.8. The van der Waals surface area contributed by atoms with Gasteiger partial charge in [0.1, 0.15) is 23.8 Å². The van der Waals surface area contributed by atoms with Gasteiger partial charge in [-0.3, -0.25) is 19.2 Å². The van der Waals surface area contributed by atoms with Gasteiger partial charge in [0.2, 0.25) is 0 Å². The van der Waals surface area contributed by atoms with Crippen molar-refractivity contribution in [3.05, 3.63) is 24.3 Å². The molecule has 28 heavy (non-hydrogen) atoms. The van der Waals surface area contributed by atoms with Crippen LogP contribution in [0.15, 0.2) is 24.3 Å². The number of carbonyl (C=O) groups excluding carboxylic acids is 6. The second-order valence-electron chi connectivity index (χ2n) is 6.61. The van der Waals surface area contributed by atoms with Gasteiger partial charge >= 0.3 is 11.9 Å². The second kappa shape index (κ2) is 11.7. The molecule has 0 radical (unpaired) electrons. The zero-order valence-corrected chi connectivity index (χ0v) is 16.0. The van der Waals surface area contributed by atoms with Crippen LogP contribution < -0.4 is 0 Å². The van der Waals surface area contributed by atoms with Gasteiger partial charge in [0.05, 0.1) is 0 Å². The van der Waals surface area contributed by atoms with Crippen molar-refractivity contribution in [1.82, 2.24) is 0 Å². The molecule has 0 bridgehead atoms. The lowest BCUT2D eigenvalue weighted by atomic mass is 10.1. The van der Waals surface area contributed by atoms with E-state index in [1.807, 2.05) is 0 Å². The first-order valence-electron chi connectivity index (χ1n) is 8.97. The molecule has 0 spiro atoms. The topological polar surface area (TPSA) is 121 Å². The molecule has 0 aliphatic carbocycles. The first-order valence-corrected chi connectivity index (χ1v) is 8.97. The van der Waals surface area contributed by atoms with Crippen LogP contribution in [0.3, 0.4) is 0 Å². The number of rotatable bonds is 4. The number of hydrogen-bond acceptors (Lipinski definition) is 8. The van der Waals surface area contributed by atoms with Crippen molar-refractivity contribution in [3.8, 4) is 0 Å². The third-order valence-electron chi connectivity index (χ3n) is 3.83. The Balaban J connectivity index is 2.95. The van der Waals surface area contributed by atoms with Crippen LogP contribution in [-0.4, -0.2) is 47.3 Å². The van der Waals surface area contributed by atoms with E-state index >= 15 is 0 Å². The Labute approximate surface area is 162 Å². The van der Waals surface area contributed by atoms with E-state index in [9.17, 15) is 28.8 Å². The summed E-state index contributed by atoms with van der Waals surface area (Å²) in [6.07, 6.45) is 2.36. The van der Waals surface area contributed by atoms with Crippen LogP contribution in [0, 0.1) is 0 Å². The van der Waals surface area contributed by atoms with Gasteiger partial charge in [-0.1, -0.05) is 0 Å². The summed E-state index contributed by atoms with van der Waals surface area (Å²) in [5.74, 6) is -2.81. The van der Waals surface area contributed by atoms with Crippen molar-refractivity contribution in [2.45, 2.75) is 64.6 Å². The van der Waals surface area contributed by atoms with Crippen molar-refractivity contribution in [2.75, 3.05) is 0 Å². The monoisotopic (exact) mass is 392 g/mol. The molecular weight excluding hydrogens is 368 g/mol. The van der Waals surface area contributed by atoms with Crippen molar-refractivity contribution in [2.24, 2.45) is 0 Å². The highest BCUT2D eigenvalue weighted by atomic mass is 16.5. The van der Waals surface area contributed by atoms with E-state index in [4.69, 9.17) is 9.47 Å². The quantitative estimate of drug-likeness (QED) is 0.661. The van der Waals surface area contributed by atoms with E-state index in [0.29, 0.717) is 0 Å². The Morgan fingerprint density at radius 1 is 0.750 bits per heavy atom. The van der Waals surface area contributed by atoms with Crippen LogP contribution in [0.2, 0.25) is 0 Å². The van der Waals surface area contributed by atoms with Gasteiger partial charge < -0.3 is 9.47 Å². The Morgan fingerprint density at radius 3 is 1.43 bits per heavy atom. The van der Waals surface area contributed by atoms with Gasteiger partial charge in [0.25, 0.3) is 0 Å². The molecular formula is C20H24O8. The first-order chi connectivity index (χ1) is 13.2. The summed E-state index contributed by atoms with van der Waals surface area (Å²) in [6.45, 7) is 2.67. The van der Waals surface area contributed by atoms with Crippen molar-refractivity contribution in [1.29, 1.82) is 0 Å². The molecule has 1 unspecified atom stereocenters. The van der Waals surface area contributed by atoms with Crippen molar-refractivity contribution in [3.63, 3.8) is 0 Å². The van der Waals surface area contributed by atoms with Crippen molar-refractivity contribution < 1.29 is 38.2 Å². The van der Waals surface area contributed by atoms with Gasteiger partial charge in [-0.25, -0.2) is 9.59 Å². The van der Waals surface area contributed by atoms with Gasteiger partial charge in [-0.15, -0.1) is 0 Å². The molecule has 0 aromatic heterocycles. The molecule has 1 aliphatic rings. The maximum absolute atomic E-state index is 11.9. The van der Waals surface area contributed by atoms with Gasteiger partial charge in [0, 0.05) is 37.8 Å². The third kappa shape index (κ3) is 10.3. The van der Waals surface area contributed by atoms with Gasteiger partial charge in [-0.05, 0) is 38.8 Å². The third-order valence-corrected chi connectivity index (χ3v) is 3.83. The average molecular weight is 392 g/mol. The highest BCUT2D eigenvalue weighted by molar-refractivity contribution is 5.97. The molecule has 0 saturated heterocycles. The SMILES string of the molecule is CC(=O)CC1CCC(=O)/C=C/C(=O)O[C@H](CC(C)=O)CCC(=O)/C=C/C(=O)O1. The van der Waals surface area contributed by atoms with E-state index in [2.05, 4.69) is 0 Å². The Bertz CT molecular complexity index is 641. The summed E-state index contributed by atoms with van der Waals surface area (Å²) in [5.41, 5.74) is 0. The van der Waals surface area contributed by atoms with Gasteiger partial charge in [0.15, 0.2) is 11.6 Å². The maximum atomic E-state index is 11.9. The maximum Gasteiger partial charge on any atom is 0.331 e. The summed E-state index contributed by atoms with van der Waals surface area (Å²) in [6, 6.07) is 0. The molecule has 1 rings (SSSR count). The summed E-state index contributed by atoms with van der Waals surface area (Å²) in [5, 5.41) is 0.